The maximum absolute atomic E-state index is 12.2. The molecule has 0 aliphatic rings. The van der Waals surface area contributed by atoms with Gasteiger partial charge in [0, 0.05) is 30.6 Å². The number of rotatable bonds is 6. The van der Waals surface area contributed by atoms with E-state index in [0.29, 0.717) is 30.3 Å². The molecule has 0 atom stereocenters. The topological polar surface area (TPSA) is 94.1 Å². The highest BCUT2D eigenvalue weighted by Gasteiger charge is 2.14. The molecule has 0 saturated heterocycles. The molecule has 7 nitrogen and oxygen atoms in total. The van der Waals surface area contributed by atoms with Crippen LogP contribution >= 0.6 is 0 Å². The average Bonchev–Trinajstić information content (AvgIpc) is 3.41. The normalized spacial score (nSPS) is 10.7. The van der Waals surface area contributed by atoms with E-state index in [1.807, 2.05) is 30.3 Å². The summed E-state index contributed by atoms with van der Waals surface area (Å²) in [6, 6.07) is 14.8. The maximum Gasteiger partial charge on any atom is 0.273 e. The van der Waals surface area contributed by atoms with Crippen LogP contribution in [0.4, 0.5) is 0 Å². The first-order chi connectivity index (χ1) is 13.3. The molecule has 4 rings (SSSR count). The molecule has 0 bridgehead atoms. The van der Waals surface area contributed by atoms with Gasteiger partial charge >= 0.3 is 0 Å². The fourth-order valence-corrected chi connectivity index (χ4v) is 2.55. The number of aromatic nitrogens is 3. The van der Waals surface area contributed by atoms with Crippen LogP contribution in [0.2, 0.25) is 0 Å². The lowest BCUT2D eigenvalue weighted by atomic mass is 10.2. The summed E-state index contributed by atoms with van der Waals surface area (Å²) in [6.07, 6.45) is 5.69. The van der Waals surface area contributed by atoms with Crippen molar-refractivity contribution in [2.75, 3.05) is 6.54 Å². The van der Waals surface area contributed by atoms with E-state index < -0.39 is 0 Å². The minimum Gasteiger partial charge on any atom is -0.461 e. The van der Waals surface area contributed by atoms with Crippen LogP contribution in [0.25, 0.3) is 22.9 Å². The number of hydrogen-bond donors (Lipinski definition) is 1. The first kappa shape index (κ1) is 16.7. The Hall–Kier alpha value is -3.74. The van der Waals surface area contributed by atoms with Gasteiger partial charge in [0.1, 0.15) is 0 Å². The van der Waals surface area contributed by atoms with Crippen LogP contribution in [-0.2, 0) is 6.42 Å². The van der Waals surface area contributed by atoms with Crippen LogP contribution < -0.4 is 5.32 Å². The highest BCUT2D eigenvalue weighted by Crippen LogP contribution is 2.20. The summed E-state index contributed by atoms with van der Waals surface area (Å²) in [5.74, 6) is 1.31. The highest BCUT2D eigenvalue weighted by atomic mass is 16.5. The van der Waals surface area contributed by atoms with Gasteiger partial charge < -0.3 is 14.3 Å². The first-order valence-electron chi connectivity index (χ1n) is 8.45. The minimum absolute atomic E-state index is 0.206. The van der Waals surface area contributed by atoms with Gasteiger partial charge in [0.2, 0.25) is 5.76 Å². The molecule has 0 aliphatic heterocycles. The number of furan rings is 1. The Morgan fingerprint density at radius 3 is 2.56 bits per heavy atom. The van der Waals surface area contributed by atoms with Crippen molar-refractivity contribution in [1.29, 1.82) is 0 Å². The van der Waals surface area contributed by atoms with Gasteiger partial charge in [-0.05, 0) is 24.1 Å². The van der Waals surface area contributed by atoms with E-state index in [9.17, 15) is 4.79 Å². The Morgan fingerprint density at radius 2 is 1.81 bits per heavy atom. The number of benzene rings is 1. The Balaban J connectivity index is 1.31. The third kappa shape index (κ3) is 3.92. The fourth-order valence-electron chi connectivity index (χ4n) is 2.55. The van der Waals surface area contributed by atoms with Gasteiger partial charge in [-0.3, -0.25) is 4.79 Å². The minimum atomic E-state index is -0.307. The van der Waals surface area contributed by atoms with Gasteiger partial charge in [0.25, 0.3) is 5.91 Å². The van der Waals surface area contributed by atoms with E-state index in [2.05, 4.69) is 20.4 Å². The third-order valence-corrected chi connectivity index (χ3v) is 3.94. The molecule has 1 aromatic carbocycles. The van der Waals surface area contributed by atoms with Crippen LogP contribution in [0.3, 0.4) is 0 Å². The Labute approximate surface area is 155 Å². The largest absolute Gasteiger partial charge is 0.461 e. The van der Waals surface area contributed by atoms with Crippen molar-refractivity contribution in [3.05, 3.63) is 78.4 Å². The van der Waals surface area contributed by atoms with Crippen LogP contribution in [-0.4, -0.2) is 27.6 Å². The van der Waals surface area contributed by atoms with Crippen molar-refractivity contribution in [1.82, 2.24) is 20.4 Å². The molecule has 0 spiro atoms. The summed E-state index contributed by atoms with van der Waals surface area (Å²) >= 11 is 0. The zero-order chi connectivity index (χ0) is 18.5. The van der Waals surface area contributed by atoms with E-state index in [1.165, 1.54) is 6.26 Å². The summed E-state index contributed by atoms with van der Waals surface area (Å²) < 4.78 is 10.3. The predicted octanol–water partition coefficient (Wildman–Crippen LogP) is 3.36. The zero-order valence-corrected chi connectivity index (χ0v) is 14.3. The van der Waals surface area contributed by atoms with Crippen LogP contribution in [0.1, 0.15) is 16.1 Å². The zero-order valence-electron chi connectivity index (χ0n) is 14.3. The Kier molecular flexibility index (Phi) is 4.74. The molecule has 3 heterocycles. The van der Waals surface area contributed by atoms with E-state index in [-0.39, 0.29) is 11.6 Å². The molecule has 3 aromatic heterocycles. The number of amides is 1. The lowest BCUT2D eigenvalue weighted by Crippen LogP contribution is -2.26. The Morgan fingerprint density at radius 1 is 1.00 bits per heavy atom. The van der Waals surface area contributed by atoms with Gasteiger partial charge in [0.05, 0.1) is 6.26 Å². The SMILES string of the molecule is O=C(NCCc1cnc(-c2ccccc2)nc1)c1cc(-c2ccco2)on1. The van der Waals surface area contributed by atoms with Crippen molar-refractivity contribution in [2.45, 2.75) is 6.42 Å². The van der Waals surface area contributed by atoms with Gasteiger partial charge in [-0.1, -0.05) is 35.5 Å². The van der Waals surface area contributed by atoms with Gasteiger partial charge in [-0.25, -0.2) is 9.97 Å². The number of carbonyl (C=O) groups is 1. The molecule has 0 unspecified atom stereocenters. The molecule has 0 fully saturated rings. The van der Waals surface area contributed by atoms with Crippen molar-refractivity contribution in [2.24, 2.45) is 0 Å². The predicted molar refractivity (Wildman–Crippen MR) is 97.7 cm³/mol. The van der Waals surface area contributed by atoms with E-state index in [1.54, 1.807) is 30.6 Å². The van der Waals surface area contributed by atoms with Crippen molar-refractivity contribution < 1.29 is 13.7 Å². The second-order valence-corrected chi connectivity index (χ2v) is 5.84. The molecule has 1 amide bonds. The Bertz CT molecular complexity index is 1010. The second-order valence-electron chi connectivity index (χ2n) is 5.84. The average molecular weight is 360 g/mol. The fraction of sp³-hybridized carbons (Fsp3) is 0.100. The molecule has 0 radical (unpaired) electrons. The third-order valence-electron chi connectivity index (χ3n) is 3.94. The summed E-state index contributed by atoms with van der Waals surface area (Å²) in [4.78, 5) is 20.9. The first-order valence-corrected chi connectivity index (χ1v) is 8.45. The van der Waals surface area contributed by atoms with E-state index >= 15 is 0 Å². The molecular formula is C20H16N4O3. The van der Waals surface area contributed by atoms with Crippen LogP contribution in [0, 0.1) is 0 Å². The van der Waals surface area contributed by atoms with E-state index in [0.717, 1.165) is 11.1 Å². The molecule has 1 N–H and O–H groups in total. The molecular weight excluding hydrogens is 344 g/mol. The standard InChI is InChI=1S/C20H16N4O3/c25-20(16-11-18(27-24-16)17-7-4-10-26-17)21-9-8-14-12-22-19(23-13-14)15-5-2-1-3-6-15/h1-7,10-13H,8-9H2,(H,21,25). The second kappa shape index (κ2) is 7.65. The molecule has 7 heteroatoms. The summed E-state index contributed by atoms with van der Waals surface area (Å²) in [5, 5.41) is 6.58. The van der Waals surface area contributed by atoms with Gasteiger partial charge in [-0.15, -0.1) is 0 Å². The van der Waals surface area contributed by atoms with Gasteiger partial charge in [0.15, 0.2) is 17.3 Å². The number of nitrogens with one attached hydrogen (secondary N) is 1. The molecule has 27 heavy (non-hydrogen) atoms. The summed E-state index contributed by atoms with van der Waals surface area (Å²) in [5.41, 5.74) is 2.11. The summed E-state index contributed by atoms with van der Waals surface area (Å²) in [7, 11) is 0. The number of hydrogen-bond acceptors (Lipinski definition) is 6. The lowest BCUT2D eigenvalue weighted by molar-refractivity contribution is 0.0945. The van der Waals surface area contributed by atoms with Crippen molar-refractivity contribution >= 4 is 5.91 Å². The molecule has 0 saturated carbocycles. The van der Waals surface area contributed by atoms with Crippen LogP contribution in [0.15, 0.2) is 76.1 Å². The van der Waals surface area contributed by atoms with E-state index in [4.69, 9.17) is 8.94 Å². The van der Waals surface area contributed by atoms with Crippen LogP contribution in [0.5, 0.6) is 0 Å². The molecule has 0 aliphatic carbocycles. The quantitative estimate of drug-likeness (QED) is 0.567. The smallest absolute Gasteiger partial charge is 0.273 e. The lowest BCUT2D eigenvalue weighted by Gasteiger charge is -2.04. The molecule has 134 valence electrons. The summed E-state index contributed by atoms with van der Waals surface area (Å²) in [6.45, 7) is 0.440. The number of carbonyl (C=O) groups excluding carboxylic acids is 1. The van der Waals surface area contributed by atoms with Crippen molar-refractivity contribution in [3.8, 4) is 22.9 Å². The number of nitrogens with zero attached hydrogens (tertiary/aromatic N) is 3. The van der Waals surface area contributed by atoms with Gasteiger partial charge in [-0.2, -0.15) is 0 Å². The molecule has 4 aromatic rings. The van der Waals surface area contributed by atoms with Crippen molar-refractivity contribution in [3.63, 3.8) is 0 Å². The highest BCUT2D eigenvalue weighted by molar-refractivity contribution is 5.92. The monoisotopic (exact) mass is 360 g/mol. The maximum atomic E-state index is 12.2.